The second-order valence-electron chi connectivity index (χ2n) is 6.13. The van der Waals surface area contributed by atoms with Crippen molar-refractivity contribution in [1.82, 2.24) is 10.2 Å². The summed E-state index contributed by atoms with van der Waals surface area (Å²) in [6, 6.07) is 0.0939. The predicted molar refractivity (Wildman–Crippen MR) is 79.5 cm³/mol. The fraction of sp³-hybridized carbons (Fsp3) is 0.867. The maximum absolute atomic E-state index is 13.2. The average Bonchev–Trinajstić information content (AvgIpc) is 2.49. The van der Waals surface area contributed by atoms with Crippen LogP contribution in [-0.4, -0.2) is 55.6 Å². The zero-order valence-electron chi connectivity index (χ0n) is 13.1. The summed E-state index contributed by atoms with van der Waals surface area (Å²) in [6.07, 6.45) is 1.91. The molecule has 6 heteroatoms. The van der Waals surface area contributed by atoms with E-state index in [1.807, 2.05) is 18.7 Å². The summed E-state index contributed by atoms with van der Waals surface area (Å²) in [5.74, 6) is -0.575. The first-order valence-corrected chi connectivity index (χ1v) is 7.93. The zero-order valence-corrected chi connectivity index (χ0v) is 13.1. The zero-order chi connectivity index (χ0) is 15.5. The normalized spacial score (nSPS) is 27.1. The number of hydrogen-bond donors (Lipinski definition) is 2. The standard InChI is InChI=1S/C15H27N3O3/c1-3-15(13(16)19,12-4-8-21-9-5-12)14(20)18-7-6-17-10-11(18)2/h11-12,17H,3-10H2,1-2H3,(H2,16,19). The lowest BCUT2D eigenvalue weighted by molar-refractivity contribution is -0.158. The van der Waals surface area contributed by atoms with Gasteiger partial charge in [-0.05, 0) is 32.1 Å². The van der Waals surface area contributed by atoms with E-state index in [9.17, 15) is 9.59 Å². The monoisotopic (exact) mass is 297 g/mol. The van der Waals surface area contributed by atoms with Crippen LogP contribution >= 0.6 is 0 Å². The molecule has 2 amide bonds. The van der Waals surface area contributed by atoms with E-state index in [1.165, 1.54) is 0 Å². The van der Waals surface area contributed by atoms with Crippen LogP contribution in [0.1, 0.15) is 33.1 Å². The molecule has 0 aromatic carbocycles. The highest BCUT2D eigenvalue weighted by atomic mass is 16.5. The second-order valence-corrected chi connectivity index (χ2v) is 6.13. The van der Waals surface area contributed by atoms with Crippen molar-refractivity contribution in [3.05, 3.63) is 0 Å². The maximum Gasteiger partial charge on any atom is 0.238 e. The van der Waals surface area contributed by atoms with E-state index in [0.29, 0.717) is 26.2 Å². The minimum Gasteiger partial charge on any atom is -0.381 e. The summed E-state index contributed by atoms with van der Waals surface area (Å²) in [5.41, 5.74) is 4.65. The van der Waals surface area contributed by atoms with Gasteiger partial charge in [-0.2, -0.15) is 0 Å². The molecule has 21 heavy (non-hydrogen) atoms. The number of primary amides is 1. The van der Waals surface area contributed by atoms with Crippen molar-refractivity contribution in [3.8, 4) is 0 Å². The quantitative estimate of drug-likeness (QED) is 0.722. The number of carbonyl (C=O) groups excluding carboxylic acids is 2. The van der Waals surface area contributed by atoms with Gasteiger partial charge in [0.1, 0.15) is 5.41 Å². The largest absolute Gasteiger partial charge is 0.381 e. The molecule has 3 N–H and O–H groups in total. The van der Waals surface area contributed by atoms with Crippen molar-refractivity contribution < 1.29 is 14.3 Å². The lowest BCUT2D eigenvalue weighted by Crippen LogP contribution is -2.61. The molecule has 0 spiro atoms. The number of nitrogens with two attached hydrogens (primary N) is 1. The van der Waals surface area contributed by atoms with Crippen molar-refractivity contribution in [2.24, 2.45) is 17.1 Å². The number of amides is 2. The Hall–Kier alpha value is -1.14. The molecule has 2 atom stereocenters. The lowest BCUT2D eigenvalue weighted by Gasteiger charge is -2.44. The molecule has 0 bridgehead atoms. The molecule has 6 nitrogen and oxygen atoms in total. The van der Waals surface area contributed by atoms with Gasteiger partial charge in [0.25, 0.3) is 0 Å². The fourth-order valence-electron chi connectivity index (χ4n) is 3.68. The molecule has 2 aliphatic heterocycles. The van der Waals surface area contributed by atoms with Crippen LogP contribution in [0.15, 0.2) is 0 Å². The number of piperazine rings is 1. The molecule has 0 aliphatic carbocycles. The van der Waals surface area contributed by atoms with Gasteiger partial charge in [-0.1, -0.05) is 6.92 Å². The summed E-state index contributed by atoms with van der Waals surface area (Å²) in [6.45, 7) is 7.27. The molecule has 2 saturated heterocycles. The number of carbonyl (C=O) groups is 2. The molecule has 120 valence electrons. The Labute approximate surface area is 126 Å². The van der Waals surface area contributed by atoms with E-state index in [0.717, 1.165) is 25.9 Å². The molecular weight excluding hydrogens is 270 g/mol. The summed E-state index contributed by atoms with van der Waals surface area (Å²) >= 11 is 0. The minimum atomic E-state index is -1.07. The van der Waals surface area contributed by atoms with Crippen molar-refractivity contribution in [1.29, 1.82) is 0 Å². The van der Waals surface area contributed by atoms with Gasteiger partial charge in [-0.25, -0.2) is 0 Å². The third-order valence-electron chi connectivity index (χ3n) is 5.06. The molecule has 2 fully saturated rings. The highest BCUT2D eigenvalue weighted by Gasteiger charge is 2.52. The molecular formula is C15H27N3O3. The molecule has 0 aromatic heterocycles. The Morgan fingerprint density at radius 3 is 2.57 bits per heavy atom. The number of hydrogen-bond acceptors (Lipinski definition) is 4. The minimum absolute atomic E-state index is 0.0108. The summed E-state index contributed by atoms with van der Waals surface area (Å²) in [7, 11) is 0. The van der Waals surface area contributed by atoms with E-state index in [-0.39, 0.29) is 17.9 Å². The number of ether oxygens (including phenoxy) is 1. The number of rotatable bonds is 4. The number of nitrogens with one attached hydrogen (secondary N) is 1. The van der Waals surface area contributed by atoms with Crippen LogP contribution in [0.25, 0.3) is 0 Å². The number of nitrogens with zero attached hydrogens (tertiary/aromatic N) is 1. The van der Waals surface area contributed by atoms with E-state index in [1.54, 1.807) is 0 Å². The third-order valence-corrected chi connectivity index (χ3v) is 5.06. The second kappa shape index (κ2) is 6.75. The van der Waals surface area contributed by atoms with Crippen LogP contribution in [0.4, 0.5) is 0 Å². The van der Waals surface area contributed by atoms with Gasteiger partial charge < -0.3 is 20.7 Å². The molecule has 2 aliphatic rings. The van der Waals surface area contributed by atoms with Crippen LogP contribution in [0.5, 0.6) is 0 Å². The fourth-order valence-corrected chi connectivity index (χ4v) is 3.68. The van der Waals surface area contributed by atoms with Crippen LogP contribution in [0.3, 0.4) is 0 Å². The van der Waals surface area contributed by atoms with Gasteiger partial charge in [-0.3, -0.25) is 9.59 Å². The van der Waals surface area contributed by atoms with Crippen LogP contribution in [0.2, 0.25) is 0 Å². The summed E-state index contributed by atoms with van der Waals surface area (Å²) < 4.78 is 5.38. The highest BCUT2D eigenvalue weighted by Crippen LogP contribution is 2.40. The third kappa shape index (κ3) is 2.92. The van der Waals surface area contributed by atoms with Crippen molar-refractivity contribution >= 4 is 11.8 Å². The van der Waals surface area contributed by atoms with Gasteiger partial charge in [-0.15, -0.1) is 0 Å². The smallest absolute Gasteiger partial charge is 0.238 e. The Balaban J connectivity index is 2.29. The first-order chi connectivity index (χ1) is 10.0. The van der Waals surface area contributed by atoms with Crippen LogP contribution in [-0.2, 0) is 14.3 Å². The summed E-state index contributed by atoms with van der Waals surface area (Å²) in [5, 5.41) is 3.27. The van der Waals surface area contributed by atoms with Gasteiger partial charge >= 0.3 is 0 Å². The van der Waals surface area contributed by atoms with E-state index < -0.39 is 11.3 Å². The first kappa shape index (κ1) is 16.2. The summed E-state index contributed by atoms with van der Waals surface area (Å²) in [4.78, 5) is 27.3. The van der Waals surface area contributed by atoms with Crippen LogP contribution in [0, 0.1) is 11.3 Å². The highest BCUT2D eigenvalue weighted by molar-refractivity contribution is 6.04. The Kier molecular flexibility index (Phi) is 5.22. The van der Waals surface area contributed by atoms with E-state index in [4.69, 9.17) is 10.5 Å². The molecule has 0 radical (unpaired) electrons. The Bertz CT molecular complexity index is 396. The van der Waals surface area contributed by atoms with Crippen molar-refractivity contribution in [2.45, 2.75) is 39.2 Å². The predicted octanol–water partition coefficient (Wildman–Crippen LogP) is 0.115. The molecule has 2 unspecified atom stereocenters. The molecule has 0 aromatic rings. The van der Waals surface area contributed by atoms with Crippen molar-refractivity contribution in [3.63, 3.8) is 0 Å². The van der Waals surface area contributed by atoms with E-state index >= 15 is 0 Å². The van der Waals surface area contributed by atoms with Crippen molar-refractivity contribution in [2.75, 3.05) is 32.8 Å². The topological polar surface area (TPSA) is 84.7 Å². The van der Waals surface area contributed by atoms with Gasteiger partial charge in [0.15, 0.2) is 0 Å². The van der Waals surface area contributed by atoms with E-state index in [2.05, 4.69) is 5.32 Å². The Morgan fingerprint density at radius 1 is 1.38 bits per heavy atom. The van der Waals surface area contributed by atoms with Gasteiger partial charge in [0.05, 0.1) is 0 Å². The molecule has 2 heterocycles. The van der Waals surface area contributed by atoms with Gasteiger partial charge in [0.2, 0.25) is 11.8 Å². The maximum atomic E-state index is 13.2. The molecule has 2 rings (SSSR count). The lowest BCUT2D eigenvalue weighted by atomic mass is 9.68. The molecule has 0 saturated carbocycles. The first-order valence-electron chi connectivity index (χ1n) is 7.93. The van der Waals surface area contributed by atoms with Crippen LogP contribution < -0.4 is 11.1 Å². The SMILES string of the molecule is CCC(C(N)=O)(C(=O)N1CCNCC1C)C1CCOCC1. The Morgan fingerprint density at radius 2 is 2.05 bits per heavy atom. The van der Waals surface area contributed by atoms with Gasteiger partial charge in [0, 0.05) is 38.9 Å². The average molecular weight is 297 g/mol.